The number of carbonyl (C=O) groups is 1. The van der Waals surface area contributed by atoms with E-state index >= 15 is 0 Å². The van der Waals surface area contributed by atoms with Gasteiger partial charge >= 0.3 is 0 Å². The zero-order valence-electron chi connectivity index (χ0n) is 8.99. The van der Waals surface area contributed by atoms with Crippen molar-refractivity contribution >= 4 is 6.29 Å². The molecule has 5 heteroatoms. The lowest BCUT2D eigenvalue weighted by Gasteiger charge is -2.07. The maximum absolute atomic E-state index is 13.3. The molecule has 2 aromatic carbocycles. The summed E-state index contributed by atoms with van der Waals surface area (Å²) in [4.78, 5) is 10.5. The smallest absolute Gasteiger partial charge is 0.168 e. The Labute approximate surface area is 101 Å². The summed E-state index contributed by atoms with van der Waals surface area (Å²) in [5.74, 6) is -2.63. The van der Waals surface area contributed by atoms with Crippen molar-refractivity contribution in [1.29, 1.82) is 0 Å². The van der Waals surface area contributed by atoms with Crippen LogP contribution in [0.15, 0.2) is 36.4 Å². The van der Waals surface area contributed by atoms with Gasteiger partial charge in [0.2, 0.25) is 0 Å². The molecule has 92 valence electrons. The summed E-state index contributed by atoms with van der Waals surface area (Å²) >= 11 is 0. The van der Waals surface area contributed by atoms with E-state index in [9.17, 15) is 18.0 Å². The lowest BCUT2D eigenvalue weighted by molar-refractivity contribution is 0.112. The van der Waals surface area contributed by atoms with Crippen LogP contribution >= 0.6 is 0 Å². The highest BCUT2D eigenvalue weighted by molar-refractivity contribution is 5.75. The van der Waals surface area contributed by atoms with Gasteiger partial charge in [0.1, 0.15) is 23.7 Å². The molecule has 18 heavy (non-hydrogen) atoms. The van der Waals surface area contributed by atoms with Crippen LogP contribution < -0.4 is 4.74 Å². The van der Waals surface area contributed by atoms with Crippen molar-refractivity contribution in [3.63, 3.8) is 0 Å². The quantitative estimate of drug-likeness (QED) is 0.778. The number of carbonyl (C=O) groups excluding carboxylic acids is 1. The van der Waals surface area contributed by atoms with Gasteiger partial charge in [-0.15, -0.1) is 0 Å². The predicted molar refractivity (Wildman–Crippen MR) is 58.2 cm³/mol. The summed E-state index contributed by atoms with van der Waals surface area (Å²) in [5, 5.41) is 0. The molecule has 0 fully saturated rings. The number of hydrogen-bond acceptors (Lipinski definition) is 2. The van der Waals surface area contributed by atoms with E-state index in [1.54, 1.807) is 0 Å². The second-order valence-corrected chi connectivity index (χ2v) is 3.51. The molecule has 2 nitrogen and oxygen atoms in total. The zero-order chi connectivity index (χ0) is 13.1. The van der Waals surface area contributed by atoms with Gasteiger partial charge in [-0.25, -0.2) is 13.2 Å². The highest BCUT2D eigenvalue weighted by Crippen LogP contribution is 2.26. The van der Waals surface area contributed by atoms with Crippen molar-refractivity contribution < 1.29 is 22.7 Å². The minimum Gasteiger partial charge on any atom is -0.454 e. The number of rotatable bonds is 3. The number of halogens is 3. The van der Waals surface area contributed by atoms with Gasteiger partial charge in [0, 0.05) is 17.7 Å². The number of hydrogen-bond donors (Lipinski definition) is 0. The number of benzene rings is 2. The zero-order valence-corrected chi connectivity index (χ0v) is 8.99. The van der Waals surface area contributed by atoms with E-state index in [0.29, 0.717) is 12.4 Å². The van der Waals surface area contributed by atoms with Crippen molar-refractivity contribution in [1.82, 2.24) is 0 Å². The van der Waals surface area contributed by atoms with Crippen molar-refractivity contribution in [2.45, 2.75) is 0 Å². The van der Waals surface area contributed by atoms with Gasteiger partial charge in [-0.2, -0.15) is 0 Å². The Balaban J connectivity index is 2.33. The molecule has 0 aliphatic rings. The van der Waals surface area contributed by atoms with Crippen LogP contribution in [0.4, 0.5) is 13.2 Å². The largest absolute Gasteiger partial charge is 0.454 e. The van der Waals surface area contributed by atoms with Gasteiger partial charge in [-0.3, -0.25) is 4.79 Å². The Hall–Kier alpha value is -2.30. The second kappa shape index (κ2) is 4.91. The summed E-state index contributed by atoms with van der Waals surface area (Å²) in [6.07, 6.45) is 0.441. The van der Waals surface area contributed by atoms with Crippen LogP contribution in [0, 0.1) is 17.5 Å². The maximum atomic E-state index is 13.3. The Kier molecular flexibility index (Phi) is 3.32. The fourth-order valence-corrected chi connectivity index (χ4v) is 1.40. The first-order valence-electron chi connectivity index (χ1n) is 4.97. The molecule has 0 radical (unpaired) electrons. The molecule has 0 bridgehead atoms. The Morgan fingerprint density at radius 3 is 2.39 bits per heavy atom. The molecule has 2 rings (SSSR count). The van der Waals surface area contributed by atoms with Gasteiger partial charge in [0.15, 0.2) is 11.6 Å². The average Bonchev–Trinajstić information content (AvgIpc) is 2.32. The lowest BCUT2D eigenvalue weighted by Crippen LogP contribution is -1.92. The van der Waals surface area contributed by atoms with Crippen molar-refractivity contribution in [3.8, 4) is 11.5 Å². The molecule has 0 saturated heterocycles. The molecule has 0 aliphatic heterocycles. The number of ether oxygens (including phenoxy) is 1. The van der Waals surface area contributed by atoms with E-state index in [-0.39, 0.29) is 17.1 Å². The van der Waals surface area contributed by atoms with Crippen molar-refractivity contribution in [2.24, 2.45) is 0 Å². The van der Waals surface area contributed by atoms with Gasteiger partial charge in [0.05, 0.1) is 0 Å². The van der Waals surface area contributed by atoms with E-state index < -0.39 is 17.5 Å². The fourth-order valence-electron chi connectivity index (χ4n) is 1.40. The second-order valence-electron chi connectivity index (χ2n) is 3.51. The van der Waals surface area contributed by atoms with Crippen LogP contribution in [0.5, 0.6) is 11.5 Å². The number of aldehydes is 1. The van der Waals surface area contributed by atoms with Crippen LogP contribution in [0.25, 0.3) is 0 Å². The highest BCUT2D eigenvalue weighted by Gasteiger charge is 2.08. The minimum absolute atomic E-state index is 0.0393. The first-order valence-corrected chi connectivity index (χ1v) is 4.97. The minimum atomic E-state index is -0.910. The van der Waals surface area contributed by atoms with E-state index in [0.717, 1.165) is 24.3 Å². The normalized spacial score (nSPS) is 10.2. The summed E-state index contributed by atoms with van der Waals surface area (Å²) in [6, 6.07) is 6.00. The topological polar surface area (TPSA) is 26.3 Å². The van der Waals surface area contributed by atoms with Crippen LogP contribution in [-0.2, 0) is 0 Å². The predicted octanol–water partition coefficient (Wildman–Crippen LogP) is 3.71. The van der Waals surface area contributed by atoms with Crippen LogP contribution in [0.2, 0.25) is 0 Å². The molecule has 0 N–H and O–H groups in total. The molecule has 0 heterocycles. The summed E-state index contributed by atoms with van der Waals surface area (Å²) in [7, 11) is 0. The Bertz CT molecular complexity index is 597. The van der Waals surface area contributed by atoms with Crippen molar-refractivity contribution in [2.75, 3.05) is 0 Å². The molecule has 0 spiro atoms. The molecular weight excluding hydrogens is 245 g/mol. The monoisotopic (exact) mass is 252 g/mol. The van der Waals surface area contributed by atoms with Crippen LogP contribution in [0.1, 0.15) is 10.4 Å². The van der Waals surface area contributed by atoms with Gasteiger partial charge < -0.3 is 4.74 Å². The summed E-state index contributed by atoms with van der Waals surface area (Å²) in [5.41, 5.74) is 0.0625. The first kappa shape index (κ1) is 12.2. The molecule has 0 aromatic heterocycles. The first-order chi connectivity index (χ1) is 8.58. The SMILES string of the molecule is O=Cc1cc(F)cc(Oc2ccc(F)cc2F)c1. The molecule has 0 unspecified atom stereocenters. The molecular formula is C13H7F3O2. The summed E-state index contributed by atoms with van der Waals surface area (Å²) < 4.78 is 44.1. The Morgan fingerprint density at radius 2 is 1.72 bits per heavy atom. The third kappa shape index (κ3) is 2.68. The fraction of sp³-hybridized carbons (Fsp3) is 0. The van der Waals surface area contributed by atoms with E-state index in [1.807, 2.05) is 0 Å². The molecule has 2 aromatic rings. The van der Waals surface area contributed by atoms with Gasteiger partial charge in [0.25, 0.3) is 0 Å². The molecule has 0 atom stereocenters. The third-order valence-corrected chi connectivity index (χ3v) is 2.15. The highest BCUT2D eigenvalue weighted by atomic mass is 19.1. The lowest BCUT2D eigenvalue weighted by atomic mass is 10.2. The average molecular weight is 252 g/mol. The standard InChI is InChI=1S/C13H7F3O2/c14-9-1-2-13(12(16)6-9)18-11-4-8(7-17)3-10(15)5-11/h1-7H. The van der Waals surface area contributed by atoms with Gasteiger partial charge in [-0.1, -0.05) is 0 Å². The van der Waals surface area contributed by atoms with Crippen molar-refractivity contribution in [3.05, 3.63) is 59.4 Å². The van der Waals surface area contributed by atoms with E-state index in [2.05, 4.69) is 0 Å². The van der Waals surface area contributed by atoms with Crippen LogP contribution in [0.3, 0.4) is 0 Å². The molecule has 0 amide bonds. The van der Waals surface area contributed by atoms with E-state index in [1.165, 1.54) is 6.07 Å². The summed E-state index contributed by atoms with van der Waals surface area (Å²) in [6.45, 7) is 0. The third-order valence-electron chi connectivity index (χ3n) is 2.15. The maximum Gasteiger partial charge on any atom is 0.168 e. The Morgan fingerprint density at radius 1 is 0.944 bits per heavy atom. The van der Waals surface area contributed by atoms with Gasteiger partial charge in [-0.05, 0) is 24.3 Å². The molecule has 0 saturated carbocycles. The molecule has 0 aliphatic carbocycles. The van der Waals surface area contributed by atoms with E-state index in [4.69, 9.17) is 4.74 Å². The van der Waals surface area contributed by atoms with Crippen LogP contribution in [-0.4, -0.2) is 6.29 Å².